The summed E-state index contributed by atoms with van der Waals surface area (Å²) < 4.78 is 30.4. The van der Waals surface area contributed by atoms with Gasteiger partial charge in [0.05, 0.1) is 29.2 Å². The van der Waals surface area contributed by atoms with Crippen molar-refractivity contribution in [2.45, 2.75) is 13.8 Å². The van der Waals surface area contributed by atoms with Crippen LogP contribution in [0.2, 0.25) is 0 Å². The van der Waals surface area contributed by atoms with Crippen molar-refractivity contribution in [1.29, 1.82) is 0 Å². The summed E-state index contributed by atoms with van der Waals surface area (Å²) in [5.74, 6) is 0.0102. The highest BCUT2D eigenvalue weighted by Gasteiger charge is 2.22. The zero-order chi connectivity index (χ0) is 22.3. The van der Waals surface area contributed by atoms with Crippen LogP contribution >= 0.6 is 0 Å². The molecule has 160 valence electrons. The highest BCUT2D eigenvalue weighted by Crippen LogP contribution is 2.23. The Hall–Kier alpha value is -3.47. The Balaban J connectivity index is 2.13. The van der Waals surface area contributed by atoms with Crippen molar-refractivity contribution in [2.75, 3.05) is 23.7 Å². The van der Waals surface area contributed by atoms with E-state index in [4.69, 9.17) is 4.74 Å². The molecule has 1 N–H and O–H groups in total. The smallest absolute Gasteiger partial charge is 0.271 e. The number of non-ortho nitro benzene ring substituents is 1. The Morgan fingerprint density at radius 3 is 2.47 bits per heavy atom. The molecule has 0 fully saturated rings. The van der Waals surface area contributed by atoms with E-state index >= 15 is 0 Å². The number of hydrogen-bond acceptors (Lipinski definition) is 7. The second-order valence-electron chi connectivity index (χ2n) is 6.24. The molecule has 0 radical (unpaired) electrons. The Bertz CT molecular complexity index is 1050. The molecule has 2 rings (SSSR count). The third-order valence-electron chi connectivity index (χ3n) is 3.95. The van der Waals surface area contributed by atoms with Gasteiger partial charge in [-0.1, -0.05) is 6.07 Å². The number of rotatable bonds is 9. The number of nitrogens with zero attached hydrogens (tertiary/aromatic N) is 3. The lowest BCUT2D eigenvalue weighted by Gasteiger charge is -2.21. The first-order valence-electron chi connectivity index (χ1n) is 8.90. The average molecular weight is 434 g/mol. The van der Waals surface area contributed by atoms with Crippen molar-refractivity contribution in [3.8, 4) is 5.75 Å². The van der Waals surface area contributed by atoms with Crippen LogP contribution in [0, 0.1) is 10.1 Å². The fourth-order valence-corrected chi connectivity index (χ4v) is 3.35. The van der Waals surface area contributed by atoms with Crippen molar-refractivity contribution in [3.63, 3.8) is 0 Å². The molecule has 0 saturated heterocycles. The van der Waals surface area contributed by atoms with Crippen LogP contribution in [0.3, 0.4) is 0 Å². The van der Waals surface area contributed by atoms with Crippen LogP contribution < -0.4 is 14.5 Å². The van der Waals surface area contributed by atoms with E-state index in [0.717, 1.165) is 22.2 Å². The molecule has 2 aromatic carbocycles. The molecule has 0 unspecified atom stereocenters. The summed E-state index contributed by atoms with van der Waals surface area (Å²) in [5, 5.41) is 14.9. The largest absolute Gasteiger partial charge is 0.494 e. The first-order valence-corrected chi connectivity index (χ1v) is 10.7. The first kappa shape index (κ1) is 22.8. The van der Waals surface area contributed by atoms with Crippen LogP contribution in [0.15, 0.2) is 53.6 Å². The summed E-state index contributed by atoms with van der Waals surface area (Å²) >= 11 is 0. The van der Waals surface area contributed by atoms with Gasteiger partial charge in [-0.05, 0) is 49.7 Å². The molecule has 0 bridgehead atoms. The maximum atomic E-state index is 12.3. The molecule has 0 spiro atoms. The number of nitro groups is 1. The van der Waals surface area contributed by atoms with Gasteiger partial charge in [0.15, 0.2) is 0 Å². The number of hydrogen-bond donors (Lipinski definition) is 1. The van der Waals surface area contributed by atoms with Crippen molar-refractivity contribution in [1.82, 2.24) is 5.43 Å². The van der Waals surface area contributed by atoms with Crippen molar-refractivity contribution in [2.24, 2.45) is 5.10 Å². The van der Waals surface area contributed by atoms with E-state index in [1.165, 1.54) is 18.2 Å². The Morgan fingerprint density at radius 1 is 1.23 bits per heavy atom. The fraction of sp³-hybridized carbons (Fsp3) is 0.263. The van der Waals surface area contributed by atoms with E-state index in [0.29, 0.717) is 18.1 Å². The second-order valence-corrected chi connectivity index (χ2v) is 8.14. The van der Waals surface area contributed by atoms with Gasteiger partial charge >= 0.3 is 0 Å². The van der Waals surface area contributed by atoms with Crippen LogP contribution in [0.25, 0.3) is 0 Å². The molecule has 0 heterocycles. The maximum Gasteiger partial charge on any atom is 0.271 e. The minimum atomic E-state index is -3.87. The number of nitrogens with one attached hydrogen (secondary N) is 1. The van der Waals surface area contributed by atoms with Gasteiger partial charge in [0.25, 0.3) is 11.6 Å². The SMILES string of the molecule is CCOc1ccc(/C(C)=N\NC(=O)CN(c2cccc([N+](=O)[O-])c2)S(C)(=O)=O)cc1. The lowest BCUT2D eigenvalue weighted by molar-refractivity contribution is -0.384. The van der Waals surface area contributed by atoms with Gasteiger partial charge in [0.1, 0.15) is 12.3 Å². The van der Waals surface area contributed by atoms with Gasteiger partial charge in [-0.25, -0.2) is 13.8 Å². The quantitative estimate of drug-likeness (QED) is 0.366. The number of benzene rings is 2. The van der Waals surface area contributed by atoms with Gasteiger partial charge in [-0.2, -0.15) is 5.10 Å². The molecule has 0 aliphatic carbocycles. The van der Waals surface area contributed by atoms with Crippen LogP contribution in [0.4, 0.5) is 11.4 Å². The molecule has 1 amide bonds. The van der Waals surface area contributed by atoms with E-state index < -0.39 is 27.4 Å². The topological polar surface area (TPSA) is 131 Å². The van der Waals surface area contributed by atoms with E-state index in [-0.39, 0.29) is 11.4 Å². The highest BCUT2D eigenvalue weighted by molar-refractivity contribution is 7.92. The van der Waals surface area contributed by atoms with Crippen molar-refractivity contribution >= 4 is 33.0 Å². The number of sulfonamides is 1. The Kier molecular flexibility index (Phi) is 7.48. The predicted molar refractivity (Wildman–Crippen MR) is 113 cm³/mol. The van der Waals surface area contributed by atoms with Crippen LogP contribution in [-0.2, 0) is 14.8 Å². The molecule has 0 aliphatic rings. The van der Waals surface area contributed by atoms with Crippen LogP contribution in [0.1, 0.15) is 19.4 Å². The number of anilines is 1. The highest BCUT2D eigenvalue weighted by atomic mass is 32.2. The molecule has 0 atom stereocenters. The summed E-state index contributed by atoms with van der Waals surface area (Å²) in [6.45, 7) is 3.53. The first-order chi connectivity index (χ1) is 14.1. The molecule has 2 aromatic rings. The third kappa shape index (κ3) is 6.27. The van der Waals surface area contributed by atoms with Crippen LogP contribution in [0.5, 0.6) is 5.75 Å². The predicted octanol–water partition coefficient (Wildman–Crippen LogP) is 2.30. The van der Waals surface area contributed by atoms with Crippen molar-refractivity contribution < 1.29 is 22.9 Å². The fourth-order valence-electron chi connectivity index (χ4n) is 2.50. The molecule has 0 saturated carbocycles. The minimum Gasteiger partial charge on any atom is -0.494 e. The van der Waals surface area contributed by atoms with Gasteiger partial charge in [0.2, 0.25) is 10.0 Å². The normalized spacial score (nSPS) is 11.6. The lowest BCUT2D eigenvalue weighted by Crippen LogP contribution is -2.39. The number of hydrazone groups is 1. The summed E-state index contributed by atoms with van der Waals surface area (Å²) in [6.07, 6.45) is 0.910. The van der Waals surface area contributed by atoms with E-state index in [1.807, 2.05) is 6.92 Å². The van der Waals surface area contributed by atoms with Gasteiger partial charge in [-0.15, -0.1) is 0 Å². The molecule has 10 nitrogen and oxygen atoms in total. The molecular formula is C19H22N4O6S. The molecule has 0 aliphatic heterocycles. The molecular weight excluding hydrogens is 412 g/mol. The third-order valence-corrected chi connectivity index (χ3v) is 5.09. The van der Waals surface area contributed by atoms with Gasteiger partial charge in [0, 0.05) is 12.1 Å². The van der Waals surface area contributed by atoms with E-state index in [9.17, 15) is 23.3 Å². The summed E-state index contributed by atoms with van der Waals surface area (Å²) in [4.78, 5) is 22.6. The summed E-state index contributed by atoms with van der Waals surface area (Å²) in [7, 11) is -3.87. The Labute approximate surface area is 174 Å². The monoisotopic (exact) mass is 434 g/mol. The van der Waals surface area contributed by atoms with Gasteiger partial charge in [-0.3, -0.25) is 19.2 Å². The zero-order valence-electron chi connectivity index (χ0n) is 16.7. The number of carbonyl (C=O) groups excluding carboxylic acids is 1. The van der Waals surface area contributed by atoms with E-state index in [2.05, 4.69) is 10.5 Å². The molecule has 11 heteroatoms. The summed E-state index contributed by atoms with van der Waals surface area (Å²) in [6, 6.07) is 12.1. The average Bonchev–Trinajstić information content (AvgIpc) is 2.70. The number of amides is 1. The van der Waals surface area contributed by atoms with Gasteiger partial charge < -0.3 is 4.74 Å². The van der Waals surface area contributed by atoms with E-state index in [1.54, 1.807) is 31.2 Å². The standard InChI is InChI=1S/C19H22N4O6S/c1-4-29-18-10-8-15(9-11-18)14(2)20-21-19(24)13-22(30(3,27)28)16-6-5-7-17(12-16)23(25)26/h5-12H,4,13H2,1-3H3,(H,21,24)/b20-14-. The lowest BCUT2D eigenvalue weighted by atomic mass is 10.1. The maximum absolute atomic E-state index is 12.3. The van der Waals surface area contributed by atoms with Crippen LogP contribution in [-0.4, -0.2) is 44.4 Å². The summed E-state index contributed by atoms with van der Waals surface area (Å²) in [5.41, 5.74) is 3.29. The second kappa shape index (κ2) is 9.83. The molecule has 0 aromatic heterocycles. The van der Waals surface area contributed by atoms with Crippen molar-refractivity contribution in [3.05, 3.63) is 64.2 Å². The zero-order valence-corrected chi connectivity index (χ0v) is 17.5. The number of carbonyl (C=O) groups is 1. The number of ether oxygens (including phenoxy) is 1. The molecule has 30 heavy (non-hydrogen) atoms. The number of nitro benzene ring substituents is 1. The minimum absolute atomic E-state index is 0.00839. The Morgan fingerprint density at radius 2 is 1.90 bits per heavy atom.